The normalized spacial score (nSPS) is 20.6. The van der Waals surface area contributed by atoms with Crippen LogP contribution in [0.5, 0.6) is 0 Å². The van der Waals surface area contributed by atoms with Gasteiger partial charge in [-0.2, -0.15) is 0 Å². The minimum Gasteiger partial charge on any atom is -0.357 e. The molecule has 1 aromatic heterocycles. The number of likely N-dealkylation sites (tertiary alicyclic amines) is 1. The van der Waals surface area contributed by atoms with E-state index in [9.17, 15) is 0 Å². The van der Waals surface area contributed by atoms with Crippen LogP contribution in [0.25, 0.3) is 5.69 Å². The topological polar surface area (TPSA) is 58.3 Å². The number of para-hydroxylation sites is 1. The quantitative estimate of drug-likeness (QED) is 0.425. The molecule has 0 bridgehead atoms. The van der Waals surface area contributed by atoms with Gasteiger partial charge in [-0.1, -0.05) is 32.0 Å². The van der Waals surface area contributed by atoms with Crippen molar-refractivity contribution >= 4 is 29.9 Å². The van der Waals surface area contributed by atoms with Crippen LogP contribution in [0.15, 0.2) is 41.7 Å². The number of benzene rings is 1. The molecule has 2 aromatic rings. The summed E-state index contributed by atoms with van der Waals surface area (Å²) in [5.74, 6) is 3.21. The van der Waals surface area contributed by atoms with Gasteiger partial charge in [-0.15, -0.1) is 34.2 Å². The third-order valence-corrected chi connectivity index (χ3v) is 4.53. The van der Waals surface area contributed by atoms with Gasteiger partial charge in [0.2, 0.25) is 0 Å². The lowest BCUT2D eigenvalue weighted by Crippen LogP contribution is -2.48. The Labute approximate surface area is 173 Å². The molecule has 1 aromatic carbocycles. The van der Waals surface area contributed by atoms with Gasteiger partial charge in [0.15, 0.2) is 11.8 Å². The lowest BCUT2D eigenvalue weighted by molar-refractivity contribution is 0.208. The second-order valence-corrected chi connectivity index (χ2v) is 6.97. The van der Waals surface area contributed by atoms with Crippen molar-refractivity contribution in [3.8, 4) is 5.69 Å². The van der Waals surface area contributed by atoms with E-state index in [0.717, 1.165) is 37.1 Å². The van der Waals surface area contributed by atoms with Crippen molar-refractivity contribution in [3.05, 3.63) is 42.5 Å². The maximum atomic E-state index is 4.84. The predicted molar refractivity (Wildman–Crippen MR) is 116 cm³/mol. The van der Waals surface area contributed by atoms with E-state index >= 15 is 0 Å². The van der Waals surface area contributed by atoms with Gasteiger partial charge in [0, 0.05) is 25.3 Å². The van der Waals surface area contributed by atoms with Gasteiger partial charge in [0.05, 0.1) is 0 Å². The lowest BCUT2D eigenvalue weighted by Gasteiger charge is -2.37. The molecule has 0 radical (unpaired) electrons. The van der Waals surface area contributed by atoms with E-state index in [4.69, 9.17) is 4.99 Å². The van der Waals surface area contributed by atoms with Crippen LogP contribution in [0, 0.1) is 11.8 Å². The highest BCUT2D eigenvalue weighted by Crippen LogP contribution is 2.21. The van der Waals surface area contributed by atoms with Gasteiger partial charge >= 0.3 is 0 Å². The number of halogens is 1. The zero-order valence-electron chi connectivity index (χ0n) is 15.8. The average molecular weight is 468 g/mol. The molecule has 1 fully saturated rings. The van der Waals surface area contributed by atoms with Crippen LogP contribution >= 0.6 is 24.0 Å². The minimum absolute atomic E-state index is 0. The van der Waals surface area contributed by atoms with E-state index in [0.29, 0.717) is 18.4 Å². The summed E-state index contributed by atoms with van der Waals surface area (Å²) in [7, 11) is 0. The van der Waals surface area contributed by atoms with Crippen molar-refractivity contribution in [2.24, 2.45) is 16.8 Å². The molecule has 2 unspecified atom stereocenters. The third kappa shape index (κ3) is 5.18. The molecule has 1 saturated heterocycles. The van der Waals surface area contributed by atoms with Gasteiger partial charge in [0.25, 0.3) is 0 Å². The molecule has 7 heteroatoms. The van der Waals surface area contributed by atoms with Crippen LogP contribution < -0.4 is 5.32 Å². The maximum absolute atomic E-state index is 4.84. The molecule has 2 heterocycles. The van der Waals surface area contributed by atoms with E-state index in [1.165, 1.54) is 6.42 Å². The van der Waals surface area contributed by atoms with Gasteiger partial charge < -0.3 is 10.2 Å². The smallest absolute Gasteiger partial charge is 0.194 e. The summed E-state index contributed by atoms with van der Waals surface area (Å²) in [4.78, 5) is 7.22. The second kappa shape index (κ2) is 9.89. The maximum Gasteiger partial charge on any atom is 0.194 e. The highest BCUT2D eigenvalue weighted by Gasteiger charge is 2.24. The zero-order chi connectivity index (χ0) is 17.6. The third-order valence-electron chi connectivity index (χ3n) is 4.53. The lowest BCUT2D eigenvalue weighted by atomic mass is 9.92. The molecule has 1 aliphatic rings. The highest BCUT2D eigenvalue weighted by molar-refractivity contribution is 14.0. The Hall–Kier alpha value is -1.64. The number of aliphatic imine (C=N–C) groups is 1. The molecule has 2 atom stereocenters. The van der Waals surface area contributed by atoms with Crippen molar-refractivity contribution in [1.29, 1.82) is 0 Å². The SMILES string of the molecule is CCNC(=NCc1nncn1-c1ccccc1)N1CC(C)CC(C)C1.I. The molecular formula is C19H29IN6. The molecule has 1 N–H and O–H groups in total. The molecule has 26 heavy (non-hydrogen) atoms. The largest absolute Gasteiger partial charge is 0.357 e. The Kier molecular flexibility index (Phi) is 7.86. The summed E-state index contributed by atoms with van der Waals surface area (Å²) in [6, 6.07) is 10.1. The number of piperidine rings is 1. The number of nitrogens with zero attached hydrogens (tertiary/aromatic N) is 5. The fraction of sp³-hybridized carbons (Fsp3) is 0.526. The molecule has 142 valence electrons. The van der Waals surface area contributed by atoms with E-state index in [1.54, 1.807) is 6.33 Å². The van der Waals surface area contributed by atoms with Crippen LogP contribution in [-0.4, -0.2) is 45.3 Å². The number of nitrogens with one attached hydrogen (secondary N) is 1. The van der Waals surface area contributed by atoms with Gasteiger partial charge in [0.1, 0.15) is 12.9 Å². The monoisotopic (exact) mass is 468 g/mol. The number of hydrogen-bond acceptors (Lipinski definition) is 3. The fourth-order valence-corrected chi connectivity index (χ4v) is 3.58. The summed E-state index contributed by atoms with van der Waals surface area (Å²) in [6.45, 7) is 10.2. The first kappa shape index (κ1) is 20.7. The molecule has 3 rings (SSSR count). The summed E-state index contributed by atoms with van der Waals surface area (Å²) in [5.41, 5.74) is 1.06. The first-order chi connectivity index (χ1) is 12.2. The number of guanidine groups is 1. The molecule has 0 spiro atoms. The summed E-state index contributed by atoms with van der Waals surface area (Å²) >= 11 is 0. The van der Waals surface area contributed by atoms with Crippen molar-refractivity contribution < 1.29 is 0 Å². The van der Waals surface area contributed by atoms with Crippen LogP contribution in [-0.2, 0) is 6.54 Å². The standard InChI is InChI=1S/C19H28N6.HI/c1-4-20-19(24-12-15(2)10-16(3)13-24)21-11-18-23-22-14-25(18)17-8-6-5-7-9-17;/h5-9,14-16H,4,10-13H2,1-3H3,(H,20,21);1H. The van der Waals surface area contributed by atoms with Crippen LogP contribution in [0.3, 0.4) is 0 Å². The number of hydrogen-bond donors (Lipinski definition) is 1. The first-order valence-electron chi connectivity index (χ1n) is 9.15. The van der Waals surface area contributed by atoms with Crippen LogP contribution in [0.4, 0.5) is 0 Å². The molecule has 6 nitrogen and oxygen atoms in total. The van der Waals surface area contributed by atoms with E-state index in [2.05, 4.69) is 53.3 Å². The second-order valence-electron chi connectivity index (χ2n) is 6.97. The van der Waals surface area contributed by atoms with E-state index in [1.807, 2.05) is 22.8 Å². The van der Waals surface area contributed by atoms with E-state index in [-0.39, 0.29) is 24.0 Å². The van der Waals surface area contributed by atoms with Crippen molar-refractivity contribution in [3.63, 3.8) is 0 Å². The summed E-state index contributed by atoms with van der Waals surface area (Å²) in [6.07, 6.45) is 3.04. The molecule has 0 amide bonds. The Bertz CT molecular complexity index is 689. The summed E-state index contributed by atoms with van der Waals surface area (Å²) < 4.78 is 1.99. The molecule has 0 aliphatic carbocycles. The van der Waals surface area contributed by atoms with Crippen molar-refractivity contribution in [1.82, 2.24) is 25.0 Å². The van der Waals surface area contributed by atoms with Crippen molar-refractivity contribution in [2.75, 3.05) is 19.6 Å². The van der Waals surface area contributed by atoms with Gasteiger partial charge in [-0.05, 0) is 37.3 Å². The Morgan fingerprint density at radius 3 is 2.54 bits per heavy atom. The first-order valence-corrected chi connectivity index (χ1v) is 9.15. The Morgan fingerprint density at radius 1 is 1.19 bits per heavy atom. The summed E-state index contributed by atoms with van der Waals surface area (Å²) in [5, 5.41) is 11.8. The zero-order valence-corrected chi connectivity index (χ0v) is 18.1. The number of rotatable bonds is 4. The minimum atomic E-state index is 0. The van der Waals surface area contributed by atoms with Crippen LogP contribution in [0.2, 0.25) is 0 Å². The van der Waals surface area contributed by atoms with Crippen LogP contribution in [0.1, 0.15) is 33.0 Å². The van der Waals surface area contributed by atoms with Gasteiger partial charge in [-0.25, -0.2) is 4.99 Å². The molecule has 1 aliphatic heterocycles. The van der Waals surface area contributed by atoms with Crippen molar-refractivity contribution in [2.45, 2.75) is 33.7 Å². The van der Waals surface area contributed by atoms with E-state index < -0.39 is 0 Å². The Morgan fingerprint density at radius 2 is 1.88 bits per heavy atom. The molecular weight excluding hydrogens is 439 g/mol. The fourth-order valence-electron chi connectivity index (χ4n) is 3.58. The van der Waals surface area contributed by atoms with Gasteiger partial charge in [-0.3, -0.25) is 4.57 Å². The highest BCUT2D eigenvalue weighted by atomic mass is 127. The molecule has 0 saturated carbocycles. The Balaban J connectivity index is 0.00000243. The predicted octanol–water partition coefficient (Wildman–Crippen LogP) is 3.33. The average Bonchev–Trinajstić information content (AvgIpc) is 3.07. The number of aromatic nitrogens is 3.